The van der Waals surface area contributed by atoms with Crippen molar-refractivity contribution in [2.24, 2.45) is 0 Å². The summed E-state index contributed by atoms with van der Waals surface area (Å²) in [5.74, 6) is -0.748. The van der Waals surface area contributed by atoms with Crippen LogP contribution in [-0.4, -0.2) is 32.4 Å². The predicted octanol–water partition coefficient (Wildman–Crippen LogP) is 2.92. The number of non-ortho nitro benzene ring substituents is 1. The Morgan fingerprint density at radius 3 is 2.74 bits per heavy atom. The average molecular weight is 315 g/mol. The van der Waals surface area contributed by atoms with Crippen LogP contribution >= 0.6 is 0 Å². The minimum Gasteiger partial charge on any atom is -0.507 e. The second-order valence-corrected chi connectivity index (χ2v) is 5.01. The van der Waals surface area contributed by atoms with Gasteiger partial charge in [0.1, 0.15) is 5.75 Å². The Morgan fingerprint density at radius 2 is 2.17 bits per heavy atom. The fraction of sp³-hybridized carbons (Fsp3) is 0.250. The standard InChI is InChI=1S/C16H17N3O4/c1-3-18(11(2)12-5-4-8-17-10-12)16(21)14-9-13(19(22)23)6-7-15(14)20/h4-11,20H,3H2,1-2H3. The quantitative estimate of drug-likeness (QED) is 0.676. The number of aromatic hydroxyl groups is 1. The Morgan fingerprint density at radius 1 is 1.43 bits per heavy atom. The molecule has 1 heterocycles. The summed E-state index contributed by atoms with van der Waals surface area (Å²) in [5.41, 5.74) is 0.514. The zero-order valence-corrected chi connectivity index (χ0v) is 12.8. The molecule has 1 N–H and O–H groups in total. The van der Waals surface area contributed by atoms with Crippen LogP contribution in [0.15, 0.2) is 42.7 Å². The van der Waals surface area contributed by atoms with E-state index in [1.807, 2.05) is 13.0 Å². The number of benzene rings is 1. The molecule has 0 saturated heterocycles. The Hall–Kier alpha value is -2.96. The van der Waals surface area contributed by atoms with Crippen molar-refractivity contribution >= 4 is 11.6 Å². The van der Waals surface area contributed by atoms with Crippen LogP contribution in [0, 0.1) is 10.1 Å². The number of nitro benzene ring substituents is 1. The molecule has 1 aromatic carbocycles. The molecule has 0 fully saturated rings. The van der Waals surface area contributed by atoms with E-state index in [1.165, 1.54) is 4.90 Å². The van der Waals surface area contributed by atoms with Crippen LogP contribution in [0.2, 0.25) is 0 Å². The predicted molar refractivity (Wildman–Crippen MR) is 84.1 cm³/mol. The van der Waals surface area contributed by atoms with E-state index >= 15 is 0 Å². The zero-order valence-electron chi connectivity index (χ0n) is 12.8. The lowest BCUT2D eigenvalue weighted by atomic mass is 10.1. The highest BCUT2D eigenvalue weighted by Gasteiger charge is 2.25. The first-order valence-electron chi connectivity index (χ1n) is 7.14. The van der Waals surface area contributed by atoms with E-state index in [1.54, 1.807) is 25.4 Å². The second kappa shape index (κ2) is 6.87. The molecule has 1 aromatic heterocycles. The van der Waals surface area contributed by atoms with Gasteiger partial charge >= 0.3 is 0 Å². The summed E-state index contributed by atoms with van der Waals surface area (Å²) in [4.78, 5) is 28.5. The number of phenolic OH excluding ortho intramolecular Hbond substituents is 1. The second-order valence-electron chi connectivity index (χ2n) is 5.01. The van der Waals surface area contributed by atoms with Crippen molar-refractivity contribution in [2.45, 2.75) is 19.9 Å². The first-order valence-corrected chi connectivity index (χ1v) is 7.14. The number of rotatable bonds is 5. The maximum absolute atomic E-state index is 12.7. The van der Waals surface area contributed by atoms with Crippen molar-refractivity contribution in [1.29, 1.82) is 0 Å². The Bertz CT molecular complexity index is 719. The zero-order chi connectivity index (χ0) is 17.0. The summed E-state index contributed by atoms with van der Waals surface area (Å²) >= 11 is 0. The Kier molecular flexibility index (Phi) is 4.90. The maximum Gasteiger partial charge on any atom is 0.270 e. The average Bonchev–Trinajstić information content (AvgIpc) is 2.56. The van der Waals surface area contributed by atoms with Gasteiger partial charge in [-0.05, 0) is 31.5 Å². The lowest BCUT2D eigenvalue weighted by Gasteiger charge is -2.28. The summed E-state index contributed by atoms with van der Waals surface area (Å²) in [6.45, 7) is 4.03. The molecule has 7 heteroatoms. The van der Waals surface area contributed by atoms with E-state index in [-0.39, 0.29) is 23.0 Å². The number of pyridine rings is 1. The smallest absolute Gasteiger partial charge is 0.270 e. The molecule has 0 bridgehead atoms. The summed E-state index contributed by atoms with van der Waals surface area (Å²) in [5, 5.41) is 20.8. The van der Waals surface area contributed by atoms with Crippen molar-refractivity contribution in [2.75, 3.05) is 6.54 Å². The first-order chi connectivity index (χ1) is 11.0. The van der Waals surface area contributed by atoms with E-state index in [0.717, 1.165) is 23.8 Å². The van der Waals surface area contributed by atoms with Crippen molar-refractivity contribution in [3.05, 3.63) is 64.0 Å². The van der Waals surface area contributed by atoms with Crippen molar-refractivity contribution in [3.63, 3.8) is 0 Å². The number of hydrogen-bond donors (Lipinski definition) is 1. The van der Waals surface area contributed by atoms with Gasteiger partial charge < -0.3 is 10.0 Å². The highest BCUT2D eigenvalue weighted by atomic mass is 16.6. The van der Waals surface area contributed by atoms with E-state index in [9.17, 15) is 20.0 Å². The summed E-state index contributed by atoms with van der Waals surface area (Å²) in [6, 6.07) is 6.76. The van der Waals surface area contributed by atoms with Gasteiger partial charge in [-0.2, -0.15) is 0 Å². The van der Waals surface area contributed by atoms with E-state index < -0.39 is 10.8 Å². The molecule has 0 saturated carbocycles. The first kappa shape index (κ1) is 16.4. The summed E-state index contributed by atoms with van der Waals surface area (Å²) < 4.78 is 0. The molecule has 0 aliphatic rings. The van der Waals surface area contributed by atoms with Crippen molar-refractivity contribution in [1.82, 2.24) is 9.88 Å². The van der Waals surface area contributed by atoms with E-state index in [4.69, 9.17) is 0 Å². The van der Waals surface area contributed by atoms with Crippen LogP contribution in [-0.2, 0) is 0 Å². The minimum atomic E-state index is -0.600. The molecule has 1 atom stereocenters. The molecule has 0 spiro atoms. The van der Waals surface area contributed by atoms with Gasteiger partial charge in [0.15, 0.2) is 0 Å². The molecule has 7 nitrogen and oxygen atoms in total. The largest absolute Gasteiger partial charge is 0.507 e. The van der Waals surface area contributed by atoms with Crippen molar-refractivity contribution in [3.8, 4) is 5.75 Å². The Balaban J connectivity index is 2.37. The van der Waals surface area contributed by atoms with Crippen LogP contribution in [0.3, 0.4) is 0 Å². The lowest BCUT2D eigenvalue weighted by molar-refractivity contribution is -0.384. The molecule has 2 rings (SSSR count). The van der Waals surface area contributed by atoms with Gasteiger partial charge in [0, 0.05) is 31.1 Å². The number of phenols is 1. The number of amides is 1. The number of aromatic nitrogens is 1. The molecular formula is C16H17N3O4. The van der Waals surface area contributed by atoms with Crippen LogP contribution < -0.4 is 0 Å². The van der Waals surface area contributed by atoms with E-state index in [0.29, 0.717) is 6.54 Å². The monoisotopic (exact) mass is 315 g/mol. The normalized spacial score (nSPS) is 11.7. The fourth-order valence-electron chi connectivity index (χ4n) is 2.36. The number of carbonyl (C=O) groups excluding carboxylic acids is 1. The Labute approximate surface area is 133 Å². The van der Waals surface area contributed by atoms with Gasteiger partial charge in [-0.15, -0.1) is 0 Å². The molecule has 1 amide bonds. The van der Waals surface area contributed by atoms with Gasteiger partial charge in [-0.3, -0.25) is 19.9 Å². The third-order valence-electron chi connectivity index (χ3n) is 3.66. The highest BCUT2D eigenvalue weighted by Crippen LogP contribution is 2.28. The highest BCUT2D eigenvalue weighted by molar-refractivity contribution is 5.97. The van der Waals surface area contributed by atoms with E-state index in [2.05, 4.69) is 4.98 Å². The minimum absolute atomic E-state index is 0.0863. The van der Waals surface area contributed by atoms with Gasteiger partial charge in [0.25, 0.3) is 11.6 Å². The number of nitrogens with zero attached hydrogens (tertiary/aromatic N) is 3. The lowest BCUT2D eigenvalue weighted by Crippen LogP contribution is -2.33. The topological polar surface area (TPSA) is 96.6 Å². The van der Waals surface area contributed by atoms with Crippen molar-refractivity contribution < 1.29 is 14.8 Å². The number of nitro groups is 1. The molecule has 0 aliphatic heterocycles. The van der Waals surface area contributed by atoms with Gasteiger partial charge in [-0.25, -0.2) is 0 Å². The molecule has 120 valence electrons. The third kappa shape index (κ3) is 3.45. The molecule has 0 radical (unpaired) electrons. The summed E-state index contributed by atoms with van der Waals surface area (Å²) in [7, 11) is 0. The van der Waals surface area contributed by atoms with Crippen LogP contribution in [0.25, 0.3) is 0 Å². The third-order valence-corrected chi connectivity index (χ3v) is 3.66. The molecule has 2 aromatic rings. The summed E-state index contributed by atoms with van der Waals surface area (Å²) in [6.07, 6.45) is 3.30. The SMILES string of the molecule is CCN(C(=O)c1cc([N+](=O)[O-])ccc1O)C(C)c1cccnc1. The van der Waals surface area contributed by atoms with Crippen LogP contribution in [0.4, 0.5) is 5.69 Å². The van der Waals surface area contributed by atoms with Gasteiger partial charge in [0.2, 0.25) is 0 Å². The van der Waals surface area contributed by atoms with Gasteiger partial charge in [0.05, 0.1) is 16.5 Å². The molecule has 23 heavy (non-hydrogen) atoms. The molecular weight excluding hydrogens is 298 g/mol. The molecule has 1 unspecified atom stereocenters. The number of hydrogen-bond acceptors (Lipinski definition) is 5. The maximum atomic E-state index is 12.7. The fourth-order valence-corrected chi connectivity index (χ4v) is 2.36. The van der Waals surface area contributed by atoms with Gasteiger partial charge in [-0.1, -0.05) is 6.07 Å². The van der Waals surface area contributed by atoms with Crippen LogP contribution in [0.1, 0.15) is 35.8 Å². The number of carbonyl (C=O) groups is 1. The van der Waals surface area contributed by atoms with Crippen LogP contribution in [0.5, 0.6) is 5.75 Å². The molecule has 0 aliphatic carbocycles.